The van der Waals surface area contributed by atoms with Gasteiger partial charge in [0.15, 0.2) is 11.0 Å². The maximum absolute atomic E-state index is 11.5. The van der Waals surface area contributed by atoms with Gasteiger partial charge in [0.1, 0.15) is 0 Å². The van der Waals surface area contributed by atoms with E-state index in [1.54, 1.807) is 12.1 Å². The van der Waals surface area contributed by atoms with E-state index in [0.717, 1.165) is 13.0 Å². The molecule has 0 aromatic carbocycles. The molecule has 0 spiro atoms. The van der Waals surface area contributed by atoms with Crippen LogP contribution >= 0.6 is 11.6 Å². The maximum atomic E-state index is 11.5. The minimum absolute atomic E-state index is 0.204. The highest BCUT2D eigenvalue weighted by Crippen LogP contribution is 2.13. The second-order valence-electron chi connectivity index (χ2n) is 3.94. The van der Waals surface area contributed by atoms with Gasteiger partial charge in [0.25, 0.3) is 5.91 Å². The Balaban J connectivity index is 1.71. The first-order chi connectivity index (χ1) is 7.75. The molecule has 1 saturated heterocycles. The Morgan fingerprint density at radius 1 is 1.62 bits per heavy atom. The predicted molar refractivity (Wildman–Crippen MR) is 61.7 cm³/mol. The SMILES string of the molecule is O=C(NCC[C@H]1CCCN1)c1ccc(Cl)o1. The molecule has 0 bridgehead atoms. The van der Waals surface area contributed by atoms with E-state index < -0.39 is 0 Å². The molecule has 0 unspecified atom stereocenters. The van der Waals surface area contributed by atoms with E-state index >= 15 is 0 Å². The molecule has 1 atom stereocenters. The Morgan fingerprint density at radius 2 is 2.50 bits per heavy atom. The Bertz CT molecular complexity index is 359. The third-order valence-electron chi connectivity index (χ3n) is 2.74. The highest BCUT2D eigenvalue weighted by molar-refractivity contribution is 6.29. The van der Waals surface area contributed by atoms with Gasteiger partial charge in [-0.1, -0.05) is 0 Å². The minimum atomic E-state index is -0.204. The van der Waals surface area contributed by atoms with Crippen molar-refractivity contribution < 1.29 is 9.21 Å². The van der Waals surface area contributed by atoms with Crippen molar-refractivity contribution in [2.45, 2.75) is 25.3 Å². The van der Waals surface area contributed by atoms with E-state index in [2.05, 4.69) is 10.6 Å². The summed E-state index contributed by atoms with van der Waals surface area (Å²) < 4.78 is 5.01. The molecule has 2 rings (SSSR count). The van der Waals surface area contributed by atoms with Gasteiger partial charge in [-0.15, -0.1) is 0 Å². The zero-order chi connectivity index (χ0) is 11.4. The lowest BCUT2D eigenvalue weighted by atomic mass is 10.1. The molecule has 1 fully saturated rings. The van der Waals surface area contributed by atoms with Crippen molar-refractivity contribution in [2.75, 3.05) is 13.1 Å². The molecular weight excluding hydrogens is 228 g/mol. The zero-order valence-electron chi connectivity index (χ0n) is 8.96. The van der Waals surface area contributed by atoms with Crippen molar-refractivity contribution in [2.24, 2.45) is 0 Å². The summed E-state index contributed by atoms with van der Waals surface area (Å²) >= 11 is 5.59. The quantitative estimate of drug-likeness (QED) is 0.847. The second kappa shape index (κ2) is 5.37. The van der Waals surface area contributed by atoms with Gasteiger partial charge >= 0.3 is 0 Å². The normalized spacial score (nSPS) is 19.9. The molecule has 2 heterocycles. The van der Waals surface area contributed by atoms with Crippen LogP contribution in [0.25, 0.3) is 0 Å². The molecule has 1 aromatic heterocycles. The minimum Gasteiger partial charge on any atom is -0.440 e. The van der Waals surface area contributed by atoms with Crippen LogP contribution in [0, 0.1) is 0 Å². The van der Waals surface area contributed by atoms with Crippen LogP contribution in [0.2, 0.25) is 5.22 Å². The van der Waals surface area contributed by atoms with Crippen LogP contribution < -0.4 is 10.6 Å². The van der Waals surface area contributed by atoms with Crippen LogP contribution in [0.1, 0.15) is 29.8 Å². The average Bonchev–Trinajstić information content (AvgIpc) is 2.89. The van der Waals surface area contributed by atoms with Crippen LogP contribution in [0.15, 0.2) is 16.5 Å². The molecule has 88 valence electrons. The van der Waals surface area contributed by atoms with Crippen molar-refractivity contribution in [3.63, 3.8) is 0 Å². The highest BCUT2D eigenvalue weighted by atomic mass is 35.5. The molecule has 0 aliphatic carbocycles. The standard InChI is InChI=1S/C11H15ClN2O2/c12-10-4-3-9(16-10)11(15)14-7-5-8-2-1-6-13-8/h3-4,8,13H,1-2,5-7H2,(H,14,15)/t8-/m1/s1. The molecule has 0 radical (unpaired) electrons. The highest BCUT2D eigenvalue weighted by Gasteiger charge is 2.15. The fourth-order valence-electron chi connectivity index (χ4n) is 1.89. The molecule has 4 nitrogen and oxygen atoms in total. The third-order valence-corrected chi connectivity index (χ3v) is 2.94. The fourth-order valence-corrected chi connectivity index (χ4v) is 2.03. The monoisotopic (exact) mass is 242 g/mol. The number of hydrogen-bond donors (Lipinski definition) is 2. The summed E-state index contributed by atoms with van der Waals surface area (Å²) in [7, 11) is 0. The summed E-state index contributed by atoms with van der Waals surface area (Å²) in [5.41, 5.74) is 0. The first kappa shape index (κ1) is 11.5. The van der Waals surface area contributed by atoms with Gasteiger partial charge in [0.05, 0.1) is 0 Å². The number of hydrogen-bond acceptors (Lipinski definition) is 3. The Hall–Kier alpha value is -1.00. The number of nitrogens with one attached hydrogen (secondary N) is 2. The number of carbonyl (C=O) groups excluding carboxylic acids is 1. The predicted octanol–water partition coefficient (Wildman–Crippen LogP) is 1.80. The van der Waals surface area contributed by atoms with Gasteiger partial charge in [-0.05, 0) is 49.5 Å². The van der Waals surface area contributed by atoms with Crippen LogP contribution in [-0.2, 0) is 0 Å². The first-order valence-corrected chi connectivity index (χ1v) is 5.90. The number of amides is 1. The summed E-state index contributed by atoms with van der Waals surface area (Å²) in [5, 5.41) is 6.42. The zero-order valence-corrected chi connectivity index (χ0v) is 9.72. The van der Waals surface area contributed by atoms with Crippen molar-refractivity contribution in [1.82, 2.24) is 10.6 Å². The van der Waals surface area contributed by atoms with Crippen LogP contribution in [0.3, 0.4) is 0 Å². The lowest BCUT2D eigenvalue weighted by Crippen LogP contribution is -2.30. The molecule has 2 N–H and O–H groups in total. The van der Waals surface area contributed by atoms with Gasteiger partial charge in [-0.3, -0.25) is 4.79 Å². The van der Waals surface area contributed by atoms with E-state index in [4.69, 9.17) is 16.0 Å². The number of halogens is 1. The van der Waals surface area contributed by atoms with Gasteiger partial charge in [0, 0.05) is 12.6 Å². The summed E-state index contributed by atoms with van der Waals surface area (Å²) in [4.78, 5) is 11.5. The number of rotatable bonds is 4. The largest absolute Gasteiger partial charge is 0.440 e. The summed E-state index contributed by atoms with van der Waals surface area (Å²) in [6, 6.07) is 3.68. The van der Waals surface area contributed by atoms with Gasteiger partial charge in [0.2, 0.25) is 0 Å². The Kier molecular flexibility index (Phi) is 3.85. The van der Waals surface area contributed by atoms with Crippen molar-refractivity contribution in [1.29, 1.82) is 0 Å². The van der Waals surface area contributed by atoms with E-state index in [1.165, 1.54) is 12.8 Å². The van der Waals surface area contributed by atoms with Crippen LogP contribution in [0.4, 0.5) is 0 Å². The van der Waals surface area contributed by atoms with Crippen LogP contribution in [-0.4, -0.2) is 25.0 Å². The number of carbonyl (C=O) groups is 1. The average molecular weight is 243 g/mol. The van der Waals surface area contributed by atoms with Gasteiger partial charge in [-0.25, -0.2) is 0 Å². The molecule has 1 aliphatic heterocycles. The van der Waals surface area contributed by atoms with E-state index in [0.29, 0.717) is 12.6 Å². The smallest absolute Gasteiger partial charge is 0.287 e. The third kappa shape index (κ3) is 3.00. The van der Waals surface area contributed by atoms with Gasteiger partial charge in [-0.2, -0.15) is 0 Å². The van der Waals surface area contributed by atoms with Crippen molar-refractivity contribution in [3.8, 4) is 0 Å². The molecule has 5 heteroatoms. The topological polar surface area (TPSA) is 54.3 Å². The van der Waals surface area contributed by atoms with Gasteiger partial charge < -0.3 is 15.1 Å². The summed E-state index contributed by atoms with van der Waals surface area (Å²) in [5.74, 6) is 0.0641. The molecule has 0 saturated carbocycles. The maximum Gasteiger partial charge on any atom is 0.287 e. The molecule has 16 heavy (non-hydrogen) atoms. The molecule has 1 aliphatic rings. The fraction of sp³-hybridized carbons (Fsp3) is 0.545. The molecular formula is C11H15ClN2O2. The van der Waals surface area contributed by atoms with E-state index in [9.17, 15) is 4.79 Å². The lowest BCUT2D eigenvalue weighted by molar-refractivity contribution is 0.0925. The number of furan rings is 1. The summed E-state index contributed by atoms with van der Waals surface area (Å²) in [6.45, 7) is 1.75. The molecule has 1 aromatic rings. The summed E-state index contributed by atoms with van der Waals surface area (Å²) in [6.07, 6.45) is 3.38. The Labute approximate surface area is 99.3 Å². The Morgan fingerprint density at radius 3 is 3.12 bits per heavy atom. The van der Waals surface area contributed by atoms with Crippen molar-refractivity contribution in [3.05, 3.63) is 23.1 Å². The first-order valence-electron chi connectivity index (χ1n) is 5.52. The van der Waals surface area contributed by atoms with Crippen LogP contribution in [0.5, 0.6) is 0 Å². The second-order valence-corrected chi connectivity index (χ2v) is 4.31. The lowest BCUT2D eigenvalue weighted by Gasteiger charge is -2.09. The van der Waals surface area contributed by atoms with E-state index in [1.807, 2.05) is 0 Å². The van der Waals surface area contributed by atoms with E-state index in [-0.39, 0.29) is 16.9 Å². The molecule has 1 amide bonds. The van der Waals surface area contributed by atoms with Crippen molar-refractivity contribution >= 4 is 17.5 Å².